The summed E-state index contributed by atoms with van der Waals surface area (Å²) in [7, 11) is 0. The molecule has 1 heterocycles. The van der Waals surface area contributed by atoms with Gasteiger partial charge in [0.15, 0.2) is 11.9 Å². The van der Waals surface area contributed by atoms with Gasteiger partial charge in [0, 0.05) is 19.4 Å². The van der Waals surface area contributed by atoms with Gasteiger partial charge < -0.3 is 19.5 Å². The summed E-state index contributed by atoms with van der Waals surface area (Å²) in [5.74, 6) is 0.719. The Morgan fingerprint density at radius 3 is 2.50 bits per heavy atom. The van der Waals surface area contributed by atoms with E-state index in [-0.39, 0.29) is 5.78 Å². The number of ether oxygens (including phenoxy) is 2. The summed E-state index contributed by atoms with van der Waals surface area (Å²) in [5, 5.41) is 9.21. The van der Waals surface area contributed by atoms with Crippen LogP contribution in [0.25, 0.3) is 0 Å². The lowest BCUT2D eigenvalue weighted by Gasteiger charge is -2.31. The normalized spacial score (nSPS) is 17.1. The van der Waals surface area contributed by atoms with Crippen molar-refractivity contribution >= 4 is 17.6 Å². The Hall–Kier alpha value is -3.19. The van der Waals surface area contributed by atoms with E-state index in [2.05, 4.69) is 0 Å². The molecule has 2 atom stereocenters. The van der Waals surface area contributed by atoms with E-state index in [9.17, 15) is 14.7 Å². The average molecular weight is 439 g/mol. The molecule has 0 bridgehead atoms. The monoisotopic (exact) mass is 438 g/mol. The van der Waals surface area contributed by atoms with Gasteiger partial charge in [0.25, 0.3) is 0 Å². The first kappa shape index (κ1) is 23.5. The van der Waals surface area contributed by atoms with Gasteiger partial charge in [-0.05, 0) is 30.2 Å². The van der Waals surface area contributed by atoms with Crippen LogP contribution in [0.15, 0.2) is 59.6 Å². The van der Waals surface area contributed by atoms with Gasteiger partial charge in [-0.3, -0.25) is 9.79 Å². The molecule has 7 nitrogen and oxygen atoms in total. The van der Waals surface area contributed by atoms with Gasteiger partial charge in [-0.2, -0.15) is 0 Å². The second-order valence-electron chi connectivity index (χ2n) is 7.58. The van der Waals surface area contributed by atoms with Crippen molar-refractivity contribution in [3.05, 3.63) is 65.7 Å². The molecule has 7 heteroatoms. The lowest BCUT2D eigenvalue weighted by Crippen LogP contribution is -2.43. The highest BCUT2D eigenvalue weighted by atomic mass is 16.5. The minimum absolute atomic E-state index is 0.0834. The van der Waals surface area contributed by atoms with Crippen molar-refractivity contribution in [2.75, 3.05) is 26.3 Å². The molecule has 0 radical (unpaired) electrons. The molecule has 0 saturated heterocycles. The van der Waals surface area contributed by atoms with Crippen molar-refractivity contribution in [1.29, 1.82) is 0 Å². The van der Waals surface area contributed by atoms with Gasteiger partial charge in [0.2, 0.25) is 0 Å². The Balaban J connectivity index is 1.54. The van der Waals surface area contributed by atoms with Crippen LogP contribution in [0.3, 0.4) is 0 Å². The van der Waals surface area contributed by atoms with Crippen molar-refractivity contribution in [1.82, 2.24) is 4.90 Å². The minimum Gasteiger partial charge on any atom is -0.492 e. The van der Waals surface area contributed by atoms with Crippen LogP contribution in [0.2, 0.25) is 0 Å². The molecule has 1 aliphatic heterocycles. The van der Waals surface area contributed by atoms with Crippen molar-refractivity contribution in [3.63, 3.8) is 0 Å². The molecular formula is C25H30N2O5. The van der Waals surface area contributed by atoms with Crippen LogP contribution in [0.4, 0.5) is 0 Å². The summed E-state index contributed by atoms with van der Waals surface area (Å²) < 4.78 is 11.1. The molecule has 0 aromatic heterocycles. The summed E-state index contributed by atoms with van der Waals surface area (Å²) in [6.45, 7) is 5.47. The molecule has 1 N–H and O–H groups in total. The largest absolute Gasteiger partial charge is 0.492 e. The molecule has 3 rings (SSSR count). The van der Waals surface area contributed by atoms with Gasteiger partial charge in [-0.1, -0.05) is 49.4 Å². The van der Waals surface area contributed by atoms with Gasteiger partial charge in [0.05, 0.1) is 13.1 Å². The fourth-order valence-electron chi connectivity index (χ4n) is 3.72. The SMILES string of the molecule is CCOC(Cc1ccc(OCCN2CC(=O)C(c3ccccc3)N=C2CC)cc1)C(=O)O. The van der Waals surface area contributed by atoms with E-state index in [0.717, 1.165) is 23.4 Å². The molecule has 2 aromatic rings. The number of hydrogen-bond donors (Lipinski definition) is 1. The third-order valence-corrected chi connectivity index (χ3v) is 5.34. The molecule has 0 aliphatic carbocycles. The number of carbonyl (C=O) groups excluding carboxylic acids is 1. The van der Waals surface area contributed by atoms with E-state index >= 15 is 0 Å². The Morgan fingerprint density at radius 1 is 1.16 bits per heavy atom. The van der Waals surface area contributed by atoms with Crippen LogP contribution in [0.5, 0.6) is 5.75 Å². The Kier molecular flexibility index (Phi) is 8.39. The standard InChI is InChI=1S/C25H30N2O5/c1-3-23-26-24(19-8-6-5-7-9-19)21(28)17-27(23)14-15-32-20-12-10-18(11-13-20)16-22(25(29)30)31-4-2/h5-13,22,24H,3-4,14-17H2,1-2H3,(H,29,30). The number of nitrogens with zero attached hydrogens (tertiary/aromatic N) is 2. The maximum absolute atomic E-state index is 12.7. The van der Waals surface area contributed by atoms with Crippen LogP contribution < -0.4 is 4.74 Å². The van der Waals surface area contributed by atoms with Crippen LogP contribution in [0.1, 0.15) is 37.4 Å². The number of hydrogen-bond acceptors (Lipinski definition) is 6. The molecule has 32 heavy (non-hydrogen) atoms. The number of Topliss-reactive ketones (excluding diaryl/α,β-unsaturated/α-hetero) is 1. The molecular weight excluding hydrogens is 408 g/mol. The highest BCUT2D eigenvalue weighted by Gasteiger charge is 2.28. The highest BCUT2D eigenvalue weighted by molar-refractivity contribution is 5.97. The van der Waals surface area contributed by atoms with E-state index < -0.39 is 18.1 Å². The third-order valence-electron chi connectivity index (χ3n) is 5.34. The Bertz CT molecular complexity index is 927. The first-order valence-corrected chi connectivity index (χ1v) is 11.0. The number of aliphatic imine (C=N–C) groups is 1. The summed E-state index contributed by atoms with van der Waals surface area (Å²) in [6, 6.07) is 16.6. The summed E-state index contributed by atoms with van der Waals surface area (Å²) in [4.78, 5) is 30.6. The summed E-state index contributed by atoms with van der Waals surface area (Å²) in [6.07, 6.45) is 0.198. The molecule has 0 fully saturated rings. The van der Waals surface area contributed by atoms with Crippen LogP contribution in [-0.2, 0) is 20.7 Å². The second-order valence-corrected chi connectivity index (χ2v) is 7.58. The number of ketones is 1. The first-order chi connectivity index (χ1) is 15.5. The molecule has 0 saturated carbocycles. The topological polar surface area (TPSA) is 88.4 Å². The highest BCUT2D eigenvalue weighted by Crippen LogP contribution is 2.24. The lowest BCUT2D eigenvalue weighted by molar-refractivity contribution is -0.149. The fraction of sp³-hybridized carbons (Fsp3) is 0.400. The quantitative estimate of drug-likeness (QED) is 0.577. The number of carboxylic acid groups (broad SMARTS) is 1. The number of benzene rings is 2. The van der Waals surface area contributed by atoms with E-state index in [1.807, 2.05) is 66.4 Å². The van der Waals surface area contributed by atoms with Crippen molar-refractivity contribution in [2.24, 2.45) is 4.99 Å². The molecule has 0 amide bonds. The second kappa shape index (κ2) is 11.4. The Morgan fingerprint density at radius 2 is 1.88 bits per heavy atom. The Labute approximate surface area is 188 Å². The maximum Gasteiger partial charge on any atom is 0.333 e. The average Bonchev–Trinajstić information content (AvgIpc) is 2.80. The van der Waals surface area contributed by atoms with Gasteiger partial charge >= 0.3 is 5.97 Å². The van der Waals surface area contributed by atoms with Gasteiger partial charge in [-0.15, -0.1) is 0 Å². The van der Waals surface area contributed by atoms with Crippen LogP contribution in [-0.4, -0.2) is 60.0 Å². The zero-order chi connectivity index (χ0) is 22.9. The zero-order valence-electron chi connectivity index (χ0n) is 18.6. The number of rotatable bonds is 11. The first-order valence-electron chi connectivity index (χ1n) is 11.0. The molecule has 1 aliphatic rings. The molecule has 0 spiro atoms. The lowest BCUT2D eigenvalue weighted by atomic mass is 10.0. The number of amidine groups is 1. The number of aliphatic carboxylic acids is 1. The van der Waals surface area contributed by atoms with Crippen molar-refractivity contribution in [2.45, 2.75) is 38.8 Å². The summed E-state index contributed by atoms with van der Waals surface area (Å²) in [5.41, 5.74) is 1.79. The molecule has 170 valence electrons. The third kappa shape index (κ3) is 6.17. The van der Waals surface area contributed by atoms with E-state index in [0.29, 0.717) is 38.5 Å². The predicted molar refractivity (Wildman–Crippen MR) is 122 cm³/mol. The number of carbonyl (C=O) groups is 2. The maximum atomic E-state index is 12.7. The van der Waals surface area contributed by atoms with Crippen molar-refractivity contribution in [3.8, 4) is 5.75 Å². The molecule has 2 aromatic carbocycles. The van der Waals surface area contributed by atoms with Gasteiger partial charge in [-0.25, -0.2) is 4.79 Å². The smallest absolute Gasteiger partial charge is 0.333 e. The minimum atomic E-state index is -0.967. The number of carboxylic acids is 1. The summed E-state index contributed by atoms with van der Waals surface area (Å²) >= 11 is 0. The van der Waals surface area contributed by atoms with E-state index in [1.54, 1.807) is 6.92 Å². The van der Waals surface area contributed by atoms with Crippen LogP contribution in [0, 0.1) is 0 Å². The fourth-order valence-corrected chi connectivity index (χ4v) is 3.72. The van der Waals surface area contributed by atoms with E-state index in [4.69, 9.17) is 14.5 Å². The predicted octanol–water partition coefficient (Wildman–Crippen LogP) is 3.53. The van der Waals surface area contributed by atoms with Gasteiger partial charge in [0.1, 0.15) is 24.2 Å². The molecule has 2 unspecified atom stereocenters. The van der Waals surface area contributed by atoms with Crippen molar-refractivity contribution < 1.29 is 24.2 Å². The van der Waals surface area contributed by atoms with E-state index in [1.165, 1.54) is 0 Å². The van der Waals surface area contributed by atoms with Crippen LogP contribution >= 0.6 is 0 Å². The zero-order valence-corrected chi connectivity index (χ0v) is 18.6.